The second-order valence-corrected chi connectivity index (χ2v) is 7.02. The summed E-state index contributed by atoms with van der Waals surface area (Å²) in [4.78, 5) is 14.4. The summed E-state index contributed by atoms with van der Waals surface area (Å²) in [6, 6.07) is 7.32. The average molecular weight is 371 g/mol. The van der Waals surface area contributed by atoms with Crippen molar-refractivity contribution in [2.24, 2.45) is 11.1 Å². The molecule has 0 aliphatic carbocycles. The van der Waals surface area contributed by atoms with E-state index in [1.807, 2.05) is 32.9 Å². The van der Waals surface area contributed by atoms with Crippen molar-refractivity contribution in [3.05, 3.63) is 46.7 Å². The molecule has 0 bridgehead atoms. The Hall–Kier alpha value is -1.56. The Bertz CT molecular complexity index is 695. The van der Waals surface area contributed by atoms with Crippen LogP contribution in [-0.4, -0.2) is 40.7 Å². The smallest absolute Gasteiger partial charge is 0.257 e. The number of carbonyl (C=O) groups is 1. The van der Waals surface area contributed by atoms with Crippen LogP contribution in [0.25, 0.3) is 5.69 Å². The van der Waals surface area contributed by atoms with Gasteiger partial charge in [-0.2, -0.15) is 5.10 Å². The number of hydrogen-bond donors (Lipinski definition) is 1. The largest absolute Gasteiger partial charge is 0.341 e. The lowest BCUT2D eigenvalue weighted by atomic mass is 9.93. The van der Waals surface area contributed by atoms with E-state index < -0.39 is 0 Å². The van der Waals surface area contributed by atoms with Gasteiger partial charge in [0.1, 0.15) is 0 Å². The fraction of sp³-hybridized carbons (Fsp3) is 0.412. The summed E-state index contributed by atoms with van der Waals surface area (Å²) < 4.78 is 1.70. The van der Waals surface area contributed by atoms with Crippen LogP contribution in [0.5, 0.6) is 0 Å². The minimum atomic E-state index is -0.121. The van der Waals surface area contributed by atoms with E-state index in [2.05, 4.69) is 5.10 Å². The van der Waals surface area contributed by atoms with E-state index in [1.54, 1.807) is 35.0 Å². The molecule has 0 spiro atoms. The number of benzene rings is 1. The molecular formula is C17H24Cl2N4O. The minimum Gasteiger partial charge on any atom is -0.341 e. The zero-order chi connectivity index (χ0) is 17.2. The van der Waals surface area contributed by atoms with Crippen molar-refractivity contribution >= 4 is 29.9 Å². The van der Waals surface area contributed by atoms with Crippen LogP contribution < -0.4 is 5.73 Å². The van der Waals surface area contributed by atoms with E-state index in [0.29, 0.717) is 29.4 Å². The van der Waals surface area contributed by atoms with Gasteiger partial charge in [0.25, 0.3) is 5.91 Å². The van der Waals surface area contributed by atoms with Gasteiger partial charge >= 0.3 is 0 Å². The third kappa shape index (κ3) is 4.72. The third-order valence-corrected chi connectivity index (χ3v) is 4.04. The lowest BCUT2D eigenvalue weighted by molar-refractivity contribution is 0.0740. The Morgan fingerprint density at radius 2 is 1.92 bits per heavy atom. The van der Waals surface area contributed by atoms with E-state index in [9.17, 15) is 4.79 Å². The molecule has 0 saturated carbocycles. The predicted octanol–water partition coefficient (Wildman–Crippen LogP) is 3.31. The predicted molar refractivity (Wildman–Crippen MR) is 100 cm³/mol. The van der Waals surface area contributed by atoms with Gasteiger partial charge in [-0.05, 0) is 43.1 Å². The average Bonchev–Trinajstić information content (AvgIpc) is 2.88. The first-order chi connectivity index (χ1) is 10.7. The maximum atomic E-state index is 12.7. The zero-order valence-corrected chi connectivity index (χ0v) is 16.0. The Kier molecular flexibility index (Phi) is 6.84. The van der Waals surface area contributed by atoms with Crippen molar-refractivity contribution in [1.29, 1.82) is 0 Å². The van der Waals surface area contributed by atoms with Crippen molar-refractivity contribution in [3.63, 3.8) is 0 Å². The lowest BCUT2D eigenvalue weighted by Gasteiger charge is -2.28. The van der Waals surface area contributed by atoms with Gasteiger partial charge in [-0.3, -0.25) is 4.79 Å². The molecule has 132 valence electrons. The van der Waals surface area contributed by atoms with Crippen molar-refractivity contribution in [1.82, 2.24) is 14.7 Å². The van der Waals surface area contributed by atoms with Crippen molar-refractivity contribution in [2.45, 2.75) is 20.8 Å². The summed E-state index contributed by atoms with van der Waals surface area (Å²) in [5.41, 5.74) is 7.78. The fourth-order valence-corrected chi connectivity index (χ4v) is 2.51. The van der Waals surface area contributed by atoms with Crippen LogP contribution in [0.3, 0.4) is 0 Å². The van der Waals surface area contributed by atoms with Gasteiger partial charge in [0, 0.05) is 24.8 Å². The Morgan fingerprint density at radius 1 is 1.33 bits per heavy atom. The van der Waals surface area contributed by atoms with Gasteiger partial charge in [0.2, 0.25) is 0 Å². The van der Waals surface area contributed by atoms with Crippen LogP contribution in [0.4, 0.5) is 0 Å². The second kappa shape index (κ2) is 8.01. The van der Waals surface area contributed by atoms with Crippen molar-refractivity contribution < 1.29 is 4.79 Å². The number of hydrogen-bond acceptors (Lipinski definition) is 3. The van der Waals surface area contributed by atoms with Gasteiger partial charge in [-0.25, -0.2) is 4.68 Å². The molecule has 2 N–H and O–H groups in total. The number of aromatic nitrogens is 2. The Morgan fingerprint density at radius 3 is 2.46 bits per heavy atom. The first-order valence-electron chi connectivity index (χ1n) is 7.51. The van der Waals surface area contributed by atoms with Crippen LogP contribution in [0.15, 0.2) is 30.5 Å². The van der Waals surface area contributed by atoms with Crippen LogP contribution in [0.1, 0.15) is 29.9 Å². The van der Waals surface area contributed by atoms with Crippen LogP contribution in [-0.2, 0) is 0 Å². The molecule has 0 aliphatic rings. The molecule has 0 saturated heterocycles. The SMILES string of the molecule is Cc1nn(-c2ccc(Cl)cc2)cc1C(=O)N(C)CC(C)(C)CN.Cl. The van der Waals surface area contributed by atoms with E-state index in [1.165, 1.54) is 0 Å². The molecule has 2 rings (SSSR count). The molecule has 0 atom stereocenters. The number of carbonyl (C=O) groups excluding carboxylic acids is 1. The van der Waals surface area contributed by atoms with Crippen LogP contribution >= 0.6 is 24.0 Å². The summed E-state index contributed by atoms with van der Waals surface area (Å²) in [6.45, 7) is 7.03. The number of amides is 1. The number of nitrogens with zero attached hydrogens (tertiary/aromatic N) is 3. The molecule has 7 heteroatoms. The quantitative estimate of drug-likeness (QED) is 0.877. The highest BCUT2D eigenvalue weighted by Gasteiger charge is 2.24. The molecule has 24 heavy (non-hydrogen) atoms. The fourth-order valence-electron chi connectivity index (χ4n) is 2.38. The molecule has 0 aliphatic heterocycles. The number of nitrogens with two attached hydrogens (primary N) is 1. The van der Waals surface area contributed by atoms with Gasteiger partial charge in [0.05, 0.1) is 16.9 Å². The zero-order valence-electron chi connectivity index (χ0n) is 14.4. The van der Waals surface area contributed by atoms with E-state index in [0.717, 1.165) is 5.69 Å². The van der Waals surface area contributed by atoms with Gasteiger partial charge < -0.3 is 10.6 Å². The topological polar surface area (TPSA) is 64.2 Å². The molecule has 0 radical (unpaired) electrons. The van der Waals surface area contributed by atoms with Gasteiger partial charge in [-0.15, -0.1) is 12.4 Å². The van der Waals surface area contributed by atoms with Crippen molar-refractivity contribution in [3.8, 4) is 5.69 Å². The third-order valence-electron chi connectivity index (χ3n) is 3.78. The minimum absolute atomic E-state index is 0. The highest BCUT2D eigenvalue weighted by Crippen LogP contribution is 2.19. The summed E-state index contributed by atoms with van der Waals surface area (Å²) in [5.74, 6) is -0.0516. The summed E-state index contributed by atoms with van der Waals surface area (Å²) in [5, 5.41) is 5.10. The molecule has 1 heterocycles. The number of halogens is 2. The number of rotatable bonds is 5. The van der Waals surface area contributed by atoms with Gasteiger partial charge in [0.15, 0.2) is 0 Å². The summed E-state index contributed by atoms with van der Waals surface area (Å²) in [7, 11) is 1.79. The highest BCUT2D eigenvalue weighted by atomic mass is 35.5. The number of aryl methyl sites for hydroxylation is 1. The van der Waals surface area contributed by atoms with E-state index in [4.69, 9.17) is 17.3 Å². The molecule has 0 fully saturated rings. The highest BCUT2D eigenvalue weighted by molar-refractivity contribution is 6.30. The normalized spacial score (nSPS) is 11.1. The standard InChI is InChI=1S/C17H23ClN4O.ClH/c1-12-15(16(23)21(4)11-17(2,3)10-19)9-22(20-12)14-7-5-13(18)6-8-14;/h5-9H,10-11,19H2,1-4H3;1H. The van der Waals surface area contributed by atoms with Crippen LogP contribution in [0, 0.1) is 12.3 Å². The Labute approximate surface area is 154 Å². The summed E-state index contributed by atoms with van der Waals surface area (Å²) in [6.07, 6.45) is 1.76. The lowest BCUT2D eigenvalue weighted by Crippen LogP contribution is -2.39. The molecule has 0 unspecified atom stereocenters. The van der Waals surface area contributed by atoms with Crippen LogP contribution in [0.2, 0.25) is 5.02 Å². The molecule has 5 nitrogen and oxygen atoms in total. The molecule has 1 amide bonds. The van der Waals surface area contributed by atoms with Gasteiger partial charge in [-0.1, -0.05) is 25.4 Å². The first-order valence-corrected chi connectivity index (χ1v) is 7.89. The van der Waals surface area contributed by atoms with E-state index in [-0.39, 0.29) is 23.7 Å². The monoisotopic (exact) mass is 370 g/mol. The van der Waals surface area contributed by atoms with E-state index >= 15 is 0 Å². The first kappa shape index (κ1) is 20.5. The summed E-state index contributed by atoms with van der Waals surface area (Å²) >= 11 is 5.90. The maximum absolute atomic E-state index is 12.7. The maximum Gasteiger partial charge on any atom is 0.257 e. The Balaban J connectivity index is 0.00000288. The molecule has 1 aromatic heterocycles. The molecule has 2 aromatic rings. The molecule has 1 aromatic carbocycles. The second-order valence-electron chi connectivity index (χ2n) is 6.58. The molecular weight excluding hydrogens is 347 g/mol. The van der Waals surface area contributed by atoms with Crippen molar-refractivity contribution in [2.75, 3.05) is 20.1 Å².